The molecule has 0 atom stereocenters. The number of hydrogen-bond donors (Lipinski definition) is 1. The number of ether oxygens (including phenoxy) is 1. The van der Waals surface area contributed by atoms with Gasteiger partial charge in [-0.05, 0) is 74.4 Å². The molecule has 0 aliphatic carbocycles. The van der Waals surface area contributed by atoms with Crippen molar-refractivity contribution >= 4 is 27.3 Å². The minimum atomic E-state index is -3.96. The molecule has 0 aliphatic rings. The number of aryl methyl sites for hydroxylation is 2. The Bertz CT molecular complexity index is 1170. The fraction of sp³-hybridized carbons (Fsp3) is 0.208. The first-order valence-electron chi connectivity index (χ1n) is 9.82. The van der Waals surface area contributed by atoms with Crippen molar-refractivity contribution in [2.75, 3.05) is 23.3 Å². The first-order valence-corrected chi connectivity index (χ1v) is 11.3. The van der Waals surface area contributed by atoms with E-state index in [4.69, 9.17) is 4.74 Å². The van der Waals surface area contributed by atoms with E-state index in [-0.39, 0.29) is 11.4 Å². The van der Waals surface area contributed by atoms with E-state index >= 15 is 0 Å². The first-order chi connectivity index (χ1) is 14.7. The van der Waals surface area contributed by atoms with E-state index in [9.17, 15) is 13.2 Å². The van der Waals surface area contributed by atoms with Crippen LogP contribution in [-0.4, -0.2) is 28.0 Å². The van der Waals surface area contributed by atoms with Crippen molar-refractivity contribution in [2.24, 2.45) is 0 Å². The third-order valence-corrected chi connectivity index (χ3v) is 6.92. The van der Waals surface area contributed by atoms with Crippen LogP contribution in [0.4, 0.5) is 11.4 Å². The van der Waals surface area contributed by atoms with Gasteiger partial charge in [0.2, 0.25) is 5.91 Å². The molecule has 0 unspecified atom stereocenters. The molecule has 1 amide bonds. The van der Waals surface area contributed by atoms with E-state index in [0.717, 1.165) is 21.0 Å². The largest absolute Gasteiger partial charge is 0.497 e. The molecular weight excluding hydrogens is 412 g/mol. The molecule has 7 heteroatoms. The molecule has 0 radical (unpaired) electrons. The summed E-state index contributed by atoms with van der Waals surface area (Å²) in [5.41, 5.74) is 3.96. The zero-order valence-electron chi connectivity index (χ0n) is 18.0. The highest BCUT2D eigenvalue weighted by Gasteiger charge is 2.27. The van der Waals surface area contributed by atoms with Gasteiger partial charge in [-0.25, -0.2) is 8.42 Å². The quantitative estimate of drug-likeness (QED) is 0.591. The van der Waals surface area contributed by atoms with E-state index in [1.54, 1.807) is 54.6 Å². The van der Waals surface area contributed by atoms with Crippen molar-refractivity contribution in [1.82, 2.24) is 0 Å². The Morgan fingerprint density at radius 1 is 0.935 bits per heavy atom. The van der Waals surface area contributed by atoms with E-state index in [1.807, 2.05) is 32.9 Å². The first kappa shape index (κ1) is 22.4. The Hall–Kier alpha value is -3.32. The second-order valence-corrected chi connectivity index (χ2v) is 9.18. The Labute approximate surface area is 183 Å². The van der Waals surface area contributed by atoms with Crippen molar-refractivity contribution in [3.8, 4) is 5.75 Å². The smallest absolute Gasteiger partial charge is 0.264 e. The molecule has 0 bridgehead atoms. The lowest BCUT2D eigenvalue weighted by atomic mass is 10.1. The minimum Gasteiger partial charge on any atom is -0.497 e. The van der Waals surface area contributed by atoms with Gasteiger partial charge in [0.15, 0.2) is 0 Å². The Kier molecular flexibility index (Phi) is 6.65. The van der Waals surface area contributed by atoms with Crippen LogP contribution in [0.25, 0.3) is 0 Å². The summed E-state index contributed by atoms with van der Waals surface area (Å²) in [5.74, 6) is 0.163. The van der Waals surface area contributed by atoms with Crippen LogP contribution < -0.4 is 14.4 Å². The highest BCUT2D eigenvalue weighted by molar-refractivity contribution is 7.92. The van der Waals surface area contributed by atoms with Crippen molar-refractivity contribution in [2.45, 2.75) is 25.7 Å². The molecule has 0 aromatic heterocycles. The molecule has 0 fully saturated rings. The van der Waals surface area contributed by atoms with Gasteiger partial charge in [0.1, 0.15) is 12.3 Å². The number of methoxy groups -OCH3 is 1. The number of nitrogens with zero attached hydrogens (tertiary/aromatic N) is 1. The SMILES string of the molecule is COc1ccc(N(CC(=O)Nc2cccc(C)c2C)S(=O)(=O)c2ccc(C)cc2)cc1. The standard InChI is InChI=1S/C24H26N2O4S/c1-17-8-14-22(15-9-17)31(28,29)26(20-10-12-21(30-4)13-11-20)16-24(27)25-23-7-5-6-18(2)19(23)3/h5-15H,16H2,1-4H3,(H,25,27). The predicted octanol–water partition coefficient (Wildman–Crippen LogP) is 4.45. The number of amides is 1. The van der Waals surface area contributed by atoms with Crippen LogP contribution in [0, 0.1) is 20.8 Å². The number of benzene rings is 3. The summed E-state index contributed by atoms with van der Waals surface area (Å²) in [6.07, 6.45) is 0. The molecule has 0 aliphatic heterocycles. The fourth-order valence-corrected chi connectivity index (χ4v) is 4.53. The third kappa shape index (κ3) is 5.06. The molecule has 0 saturated carbocycles. The van der Waals surface area contributed by atoms with Crippen molar-refractivity contribution in [3.63, 3.8) is 0 Å². The number of carbonyl (C=O) groups excluding carboxylic acids is 1. The number of sulfonamides is 1. The number of nitrogens with one attached hydrogen (secondary N) is 1. The number of anilines is 2. The van der Waals surface area contributed by atoms with Crippen molar-refractivity contribution in [3.05, 3.63) is 83.4 Å². The molecule has 3 aromatic carbocycles. The maximum Gasteiger partial charge on any atom is 0.264 e. The van der Waals surface area contributed by atoms with Crippen molar-refractivity contribution < 1.29 is 17.9 Å². The second-order valence-electron chi connectivity index (χ2n) is 7.32. The normalized spacial score (nSPS) is 11.1. The molecule has 0 saturated heterocycles. The summed E-state index contributed by atoms with van der Waals surface area (Å²) >= 11 is 0. The highest BCUT2D eigenvalue weighted by Crippen LogP contribution is 2.26. The molecule has 3 rings (SSSR count). The fourth-order valence-electron chi connectivity index (χ4n) is 3.11. The highest BCUT2D eigenvalue weighted by atomic mass is 32.2. The van der Waals surface area contributed by atoms with E-state index in [2.05, 4.69) is 5.32 Å². The molecule has 162 valence electrons. The van der Waals surface area contributed by atoms with Crippen LogP contribution in [0.3, 0.4) is 0 Å². The zero-order chi connectivity index (χ0) is 22.6. The average molecular weight is 439 g/mol. The van der Waals surface area contributed by atoms with Crippen LogP contribution in [0.5, 0.6) is 5.75 Å². The zero-order valence-corrected chi connectivity index (χ0v) is 18.9. The molecule has 6 nitrogen and oxygen atoms in total. The van der Waals surface area contributed by atoms with Crippen LogP contribution in [0.2, 0.25) is 0 Å². The van der Waals surface area contributed by atoms with Crippen LogP contribution in [-0.2, 0) is 14.8 Å². The lowest BCUT2D eigenvalue weighted by Crippen LogP contribution is -2.38. The lowest BCUT2D eigenvalue weighted by molar-refractivity contribution is -0.114. The summed E-state index contributed by atoms with van der Waals surface area (Å²) in [6, 6.07) is 18.7. The van der Waals surface area contributed by atoms with Gasteiger partial charge in [-0.15, -0.1) is 0 Å². The topological polar surface area (TPSA) is 75.7 Å². The van der Waals surface area contributed by atoms with Gasteiger partial charge in [-0.2, -0.15) is 0 Å². The Morgan fingerprint density at radius 3 is 2.19 bits per heavy atom. The monoisotopic (exact) mass is 438 g/mol. The van der Waals surface area contributed by atoms with Gasteiger partial charge in [-0.3, -0.25) is 9.10 Å². The lowest BCUT2D eigenvalue weighted by Gasteiger charge is -2.24. The third-order valence-electron chi connectivity index (χ3n) is 5.14. The molecule has 1 N–H and O–H groups in total. The summed E-state index contributed by atoms with van der Waals surface area (Å²) in [5, 5.41) is 2.84. The van der Waals surface area contributed by atoms with Gasteiger partial charge >= 0.3 is 0 Å². The number of hydrogen-bond acceptors (Lipinski definition) is 4. The summed E-state index contributed by atoms with van der Waals surface area (Å²) in [4.78, 5) is 13.0. The minimum absolute atomic E-state index is 0.119. The summed E-state index contributed by atoms with van der Waals surface area (Å²) in [6.45, 7) is 5.39. The summed E-state index contributed by atoms with van der Waals surface area (Å²) in [7, 11) is -2.43. The van der Waals surface area contributed by atoms with Gasteiger partial charge in [0.25, 0.3) is 10.0 Å². The molecular formula is C24H26N2O4S. The van der Waals surface area contributed by atoms with Gasteiger partial charge in [-0.1, -0.05) is 29.8 Å². The van der Waals surface area contributed by atoms with Crippen LogP contribution >= 0.6 is 0 Å². The van der Waals surface area contributed by atoms with E-state index in [1.165, 1.54) is 7.11 Å². The maximum atomic E-state index is 13.4. The van der Waals surface area contributed by atoms with E-state index in [0.29, 0.717) is 17.1 Å². The number of carbonyl (C=O) groups is 1. The average Bonchev–Trinajstić information content (AvgIpc) is 2.75. The van der Waals surface area contributed by atoms with Gasteiger partial charge < -0.3 is 10.1 Å². The van der Waals surface area contributed by atoms with Crippen LogP contribution in [0.1, 0.15) is 16.7 Å². The Balaban J connectivity index is 1.96. The summed E-state index contributed by atoms with van der Waals surface area (Å²) < 4.78 is 33.1. The second kappa shape index (κ2) is 9.22. The van der Waals surface area contributed by atoms with Gasteiger partial charge in [0, 0.05) is 5.69 Å². The molecule has 0 spiro atoms. The molecule has 31 heavy (non-hydrogen) atoms. The number of rotatable bonds is 7. The predicted molar refractivity (Wildman–Crippen MR) is 123 cm³/mol. The molecule has 3 aromatic rings. The van der Waals surface area contributed by atoms with Crippen LogP contribution in [0.15, 0.2) is 71.6 Å². The van der Waals surface area contributed by atoms with E-state index < -0.39 is 15.9 Å². The van der Waals surface area contributed by atoms with Crippen molar-refractivity contribution in [1.29, 1.82) is 0 Å². The molecule has 0 heterocycles. The maximum absolute atomic E-state index is 13.4. The van der Waals surface area contributed by atoms with Gasteiger partial charge in [0.05, 0.1) is 17.7 Å². The Morgan fingerprint density at radius 2 is 1.58 bits per heavy atom.